The van der Waals surface area contributed by atoms with Crippen LogP contribution in [0.15, 0.2) is 5.38 Å². The van der Waals surface area contributed by atoms with Crippen LogP contribution in [0.4, 0.5) is 35.5 Å². The summed E-state index contributed by atoms with van der Waals surface area (Å²) < 4.78 is 104. The molecule has 2 aromatic rings. The average Bonchev–Trinajstić information content (AvgIpc) is 3.18. The molecule has 0 saturated carbocycles. The van der Waals surface area contributed by atoms with E-state index in [4.69, 9.17) is 4.74 Å². The molecule has 0 aromatic carbocycles. The number of amides is 2. The van der Waals surface area contributed by atoms with E-state index < -0.39 is 65.8 Å². The smallest absolute Gasteiger partial charge is 0.472 e. The lowest BCUT2D eigenvalue weighted by Crippen LogP contribution is -2.42. The van der Waals surface area contributed by atoms with Crippen LogP contribution >= 0.6 is 11.3 Å². The molecule has 0 bridgehead atoms. The molecule has 1 fully saturated rings. The molecule has 0 radical (unpaired) electrons. The second kappa shape index (κ2) is 10.4. The number of rotatable bonds is 6. The molecule has 0 atom stereocenters. The number of nitrogens with zero attached hydrogens (tertiary/aromatic N) is 2. The summed E-state index contributed by atoms with van der Waals surface area (Å²) in [5, 5.41) is 3.41. The number of halogens is 7. The van der Waals surface area contributed by atoms with Crippen LogP contribution in [0.25, 0.3) is 10.2 Å². The van der Waals surface area contributed by atoms with Crippen LogP contribution in [0.5, 0.6) is 5.88 Å². The van der Waals surface area contributed by atoms with Crippen molar-refractivity contribution in [3.05, 3.63) is 22.3 Å². The van der Waals surface area contributed by atoms with Gasteiger partial charge in [0.05, 0.1) is 22.4 Å². The van der Waals surface area contributed by atoms with E-state index in [1.54, 1.807) is 0 Å². The fourth-order valence-electron chi connectivity index (χ4n) is 3.32. The minimum absolute atomic E-state index is 0.0123. The highest BCUT2D eigenvalue weighted by Gasteiger charge is 2.40. The summed E-state index contributed by atoms with van der Waals surface area (Å²) in [6, 6.07) is 0. The van der Waals surface area contributed by atoms with Gasteiger partial charge in [-0.15, -0.1) is 24.5 Å². The third-order valence-corrected chi connectivity index (χ3v) is 5.91. The topological polar surface area (TPSA) is 90.0 Å². The largest absolute Gasteiger partial charge is 0.522 e. The van der Waals surface area contributed by atoms with Crippen LogP contribution in [0.1, 0.15) is 28.8 Å². The highest BCUT2D eigenvalue weighted by Crippen LogP contribution is 2.42. The van der Waals surface area contributed by atoms with Crippen molar-refractivity contribution in [3.63, 3.8) is 0 Å². The predicted molar refractivity (Wildman–Crippen MR) is 107 cm³/mol. The van der Waals surface area contributed by atoms with E-state index in [-0.39, 0.29) is 37.0 Å². The zero-order valence-corrected chi connectivity index (χ0v) is 18.7. The lowest BCUT2D eigenvalue weighted by atomic mass is 10.1. The molecule has 2 aromatic heterocycles. The third-order valence-electron chi connectivity index (χ3n) is 4.92. The Bertz CT molecular complexity index is 1080. The second-order valence-electron chi connectivity index (χ2n) is 7.22. The summed E-state index contributed by atoms with van der Waals surface area (Å²) in [6.07, 6.45) is -11.6. The molecule has 0 aliphatic carbocycles. The average molecular weight is 533 g/mol. The Kier molecular flexibility index (Phi) is 7.93. The first kappa shape index (κ1) is 26.7. The Balaban J connectivity index is 1.70. The third kappa shape index (κ3) is 6.42. The molecule has 1 aliphatic rings. The van der Waals surface area contributed by atoms with Crippen molar-refractivity contribution in [1.29, 1.82) is 0 Å². The molecule has 16 heteroatoms. The monoisotopic (exact) mass is 533 g/mol. The Labute approximate surface area is 196 Å². The van der Waals surface area contributed by atoms with Gasteiger partial charge in [-0.2, -0.15) is 13.2 Å². The summed E-state index contributed by atoms with van der Waals surface area (Å²) in [6.45, 7) is -1.55. The minimum atomic E-state index is -5.09. The maximum atomic E-state index is 14.8. The fourth-order valence-corrected chi connectivity index (χ4v) is 4.36. The van der Waals surface area contributed by atoms with Crippen molar-refractivity contribution in [1.82, 2.24) is 15.2 Å². The van der Waals surface area contributed by atoms with Gasteiger partial charge in [-0.1, -0.05) is 0 Å². The number of hydrogen-bond donors (Lipinski definition) is 1. The van der Waals surface area contributed by atoms with Crippen LogP contribution in [0.3, 0.4) is 0 Å². The Morgan fingerprint density at radius 1 is 1.17 bits per heavy atom. The zero-order chi connectivity index (χ0) is 26.0. The van der Waals surface area contributed by atoms with Gasteiger partial charge < -0.3 is 19.7 Å². The molecule has 1 saturated heterocycles. The van der Waals surface area contributed by atoms with Crippen LogP contribution in [0.2, 0.25) is 0 Å². The highest BCUT2D eigenvalue weighted by atomic mass is 32.1. The normalized spacial score (nSPS) is 15.4. The van der Waals surface area contributed by atoms with Crippen LogP contribution in [0, 0.1) is 5.82 Å². The quantitative estimate of drug-likeness (QED) is 0.439. The number of alkyl halides is 6. The number of thiophene rings is 1. The molecular weight excluding hydrogens is 515 g/mol. The molecule has 0 spiro atoms. The van der Waals surface area contributed by atoms with Crippen molar-refractivity contribution in [2.24, 2.45) is 0 Å². The van der Waals surface area contributed by atoms with E-state index in [0.717, 1.165) is 10.3 Å². The summed E-state index contributed by atoms with van der Waals surface area (Å²) >= 11 is 0.525. The predicted octanol–water partition coefficient (Wildman–Crippen LogP) is 4.33. The number of fused-ring (bicyclic) bond motifs is 1. The standard InChI is InChI=1S/C19H18F7N3O5S/c1-27-15(30)10-8-35-14-11(18(21,22)23)12(20)16(28-13(10)14)34-9-2-4-29(5-3-9)17(31)32-6-7-33-19(24,25)26/h8-9H,2-7H2,1H3,(H,27,30). The SMILES string of the molecule is CNC(=O)c1csc2c(C(F)(F)F)c(F)c(OC3CCN(C(=O)OCCOC(F)(F)F)CC3)nc12. The number of pyridine rings is 1. The van der Waals surface area contributed by atoms with Crippen LogP contribution in [-0.4, -0.2) is 67.7 Å². The molecule has 3 rings (SSSR count). The number of piperidine rings is 1. The molecule has 1 N–H and O–H groups in total. The molecule has 0 unspecified atom stereocenters. The Morgan fingerprint density at radius 2 is 1.83 bits per heavy atom. The van der Waals surface area contributed by atoms with Gasteiger partial charge in [0.2, 0.25) is 0 Å². The van der Waals surface area contributed by atoms with Gasteiger partial charge in [0.15, 0.2) is 5.82 Å². The maximum absolute atomic E-state index is 14.8. The fraction of sp³-hybridized carbons (Fsp3) is 0.526. The van der Waals surface area contributed by atoms with E-state index >= 15 is 0 Å². The Hall–Kier alpha value is -2.88. The highest BCUT2D eigenvalue weighted by molar-refractivity contribution is 7.17. The first-order chi connectivity index (χ1) is 16.3. The van der Waals surface area contributed by atoms with E-state index in [1.165, 1.54) is 7.05 Å². The first-order valence-corrected chi connectivity index (χ1v) is 10.9. The summed E-state index contributed by atoms with van der Waals surface area (Å²) in [5.41, 5.74) is -2.13. The van der Waals surface area contributed by atoms with Gasteiger partial charge in [-0.25, -0.2) is 14.2 Å². The number of nitrogens with one attached hydrogen (secondary N) is 1. The van der Waals surface area contributed by atoms with Gasteiger partial charge in [0.25, 0.3) is 11.8 Å². The summed E-state index contributed by atoms with van der Waals surface area (Å²) in [4.78, 5) is 28.9. The number of carbonyl (C=O) groups excluding carboxylic acids is 2. The van der Waals surface area contributed by atoms with Crippen molar-refractivity contribution < 1.29 is 54.5 Å². The van der Waals surface area contributed by atoms with Crippen LogP contribution < -0.4 is 10.1 Å². The summed E-state index contributed by atoms with van der Waals surface area (Å²) in [7, 11) is 1.28. The number of ether oxygens (including phenoxy) is 3. The van der Waals surface area contributed by atoms with Gasteiger partial charge in [-0.3, -0.25) is 9.53 Å². The van der Waals surface area contributed by atoms with Gasteiger partial charge in [-0.05, 0) is 0 Å². The minimum Gasteiger partial charge on any atom is -0.472 e. The van der Waals surface area contributed by atoms with Crippen molar-refractivity contribution in [2.75, 3.05) is 33.4 Å². The maximum Gasteiger partial charge on any atom is 0.522 e. The van der Waals surface area contributed by atoms with Gasteiger partial charge in [0.1, 0.15) is 18.3 Å². The lowest BCUT2D eigenvalue weighted by Gasteiger charge is -2.31. The number of likely N-dealkylation sites (tertiary alicyclic amines) is 1. The number of aromatic nitrogens is 1. The van der Waals surface area contributed by atoms with Gasteiger partial charge in [0, 0.05) is 38.4 Å². The van der Waals surface area contributed by atoms with E-state index in [1.807, 2.05) is 0 Å². The number of hydrogen-bond acceptors (Lipinski definition) is 7. The lowest BCUT2D eigenvalue weighted by molar-refractivity contribution is -0.326. The molecule has 1 aliphatic heterocycles. The molecule has 35 heavy (non-hydrogen) atoms. The van der Waals surface area contributed by atoms with E-state index in [2.05, 4.69) is 19.8 Å². The first-order valence-electron chi connectivity index (χ1n) is 10.0. The zero-order valence-electron chi connectivity index (χ0n) is 17.9. The van der Waals surface area contributed by atoms with Crippen molar-refractivity contribution >= 4 is 33.6 Å². The van der Waals surface area contributed by atoms with Crippen molar-refractivity contribution in [2.45, 2.75) is 31.5 Å². The molecule has 194 valence electrons. The molecule has 3 heterocycles. The molecule has 2 amide bonds. The van der Waals surface area contributed by atoms with E-state index in [9.17, 15) is 40.3 Å². The molecule has 8 nitrogen and oxygen atoms in total. The Morgan fingerprint density at radius 3 is 2.40 bits per heavy atom. The van der Waals surface area contributed by atoms with E-state index in [0.29, 0.717) is 11.3 Å². The van der Waals surface area contributed by atoms with Gasteiger partial charge >= 0.3 is 18.6 Å². The second-order valence-corrected chi connectivity index (χ2v) is 8.10. The summed E-state index contributed by atoms with van der Waals surface area (Å²) in [5.74, 6) is -3.36. The van der Waals surface area contributed by atoms with Crippen LogP contribution in [-0.2, 0) is 15.7 Å². The number of carbonyl (C=O) groups is 2. The molecular formula is C19H18F7N3O5S. The van der Waals surface area contributed by atoms with Crippen molar-refractivity contribution in [3.8, 4) is 5.88 Å².